The number of allylic oxidation sites excluding steroid dienone is 2. The molecule has 4 aliphatic carbocycles. The smallest absolute Gasteiger partial charge is 0.217 e. The summed E-state index contributed by atoms with van der Waals surface area (Å²) in [6.45, 7) is 10.4. The van der Waals surface area contributed by atoms with Crippen LogP contribution < -0.4 is 5.73 Å². The van der Waals surface area contributed by atoms with E-state index >= 15 is 0 Å². The minimum absolute atomic E-state index is 0.135. The summed E-state index contributed by atoms with van der Waals surface area (Å²) >= 11 is 0. The molecule has 3 fully saturated rings. The molecule has 4 aliphatic rings. The van der Waals surface area contributed by atoms with Crippen molar-refractivity contribution in [1.82, 2.24) is 0 Å². The molecule has 0 aromatic rings. The predicted molar refractivity (Wildman–Crippen MR) is 112 cm³/mol. The van der Waals surface area contributed by atoms with Crippen LogP contribution in [0.1, 0.15) is 105 Å². The third-order valence-electron chi connectivity index (χ3n) is 10.4. The maximum absolute atomic E-state index is 11.2. The number of rotatable bonds is 4. The molecule has 0 aromatic carbocycles. The Morgan fingerprint density at radius 3 is 2.56 bits per heavy atom. The largest absolute Gasteiger partial charge is 0.370 e. The molecule has 1 amide bonds. The van der Waals surface area contributed by atoms with Gasteiger partial charge in [-0.3, -0.25) is 4.79 Å². The predicted octanol–water partition coefficient (Wildman–Crippen LogP) is 6.39. The van der Waals surface area contributed by atoms with Crippen molar-refractivity contribution in [3.63, 3.8) is 0 Å². The Morgan fingerprint density at radius 1 is 1.07 bits per heavy atom. The van der Waals surface area contributed by atoms with Gasteiger partial charge in [0.25, 0.3) is 0 Å². The zero-order valence-corrected chi connectivity index (χ0v) is 18.2. The van der Waals surface area contributed by atoms with Crippen molar-refractivity contribution < 1.29 is 4.79 Å². The lowest BCUT2D eigenvalue weighted by Gasteiger charge is -2.65. The molecule has 0 radical (unpaired) electrons. The first-order valence-electron chi connectivity index (χ1n) is 11.7. The van der Waals surface area contributed by atoms with E-state index in [9.17, 15) is 4.79 Å². The zero-order chi connectivity index (χ0) is 19.5. The van der Waals surface area contributed by atoms with Crippen LogP contribution in [0.2, 0.25) is 0 Å². The molecule has 152 valence electrons. The van der Waals surface area contributed by atoms with Crippen LogP contribution in [0, 0.1) is 33.5 Å². The molecule has 6 unspecified atom stereocenters. The SMILES string of the molecule is CC12CCC3(C)CCCCC3(C)C1=CCC1(C)C(CCCC(N)=O)CCC21. The van der Waals surface area contributed by atoms with Crippen LogP contribution in [0.5, 0.6) is 0 Å². The number of hydrogen-bond donors (Lipinski definition) is 1. The summed E-state index contributed by atoms with van der Waals surface area (Å²) in [5.74, 6) is 1.46. The van der Waals surface area contributed by atoms with E-state index in [-0.39, 0.29) is 5.91 Å². The number of hydrogen-bond acceptors (Lipinski definition) is 1. The third kappa shape index (κ3) is 2.68. The Balaban J connectivity index is 1.63. The van der Waals surface area contributed by atoms with Crippen molar-refractivity contribution in [2.45, 2.75) is 105 Å². The van der Waals surface area contributed by atoms with Crippen molar-refractivity contribution in [2.24, 2.45) is 39.2 Å². The van der Waals surface area contributed by atoms with Gasteiger partial charge in [0.2, 0.25) is 5.91 Å². The van der Waals surface area contributed by atoms with E-state index in [0.717, 1.165) is 18.3 Å². The van der Waals surface area contributed by atoms with Gasteiger partial charge in [-0.2, -0.15) is 0 Å². The highest BCUT2D eigenvalue weighted by Gasteiger charge is 2.63. The first kappa shape index (κ1) is 19.5. The molecule has 0 saturated heterocycles. The van der Waals surface area contributed by atoms with Gasteiger partial charge in [0.15, 0.2) is 0 Å². The fourth-order valence-electron chi connectivity index (χ4n) is 8.54. The lowest BCUT2D eigenvalue weighted by molar-refractivity contribution is -0.118. The summed E-state index contributed by atoms with van der Waals surface area (Å²) in [7, 11) is 0. The van der Waals surface area contributed by atoms with Crippen LogP contribution in [0.3, 0.4) is 0 Å². The molecule has 2 nitrogen and oxygen atoms in total. The number of carbonyl (C=O) groups is 1. The van der Waals surface area contributed by atoms with Crippen LogP contribution >= 0.6 is 0 Å². The Morgan fingerprint density at radius 2 is 1.81 bits per heavy atom. The lowest BCUT2D eigenvalue weighted by Crippen LogP contribution is -2.55. The Kier molecular flexibility index (Phi) is 4.60. The van der Waals surface area contributed by atoms with E-state index in [2.05, 4.69) is 33.8 Å². The highest BCUT2D eigenvalue weighted by atomic mass is 16.1. The van der Waals surface area contributed by atoms with E-state index in [4.69, 9.17) is 5.73 Å². The summed E-state index contributed by atoms with van der Waals surface area (Å²) in [6.07, 6.45) is 17.9. The van der Waals surface area contributed by atoms with E-state index in [1.165, 1.54) is 64.2 Å². The van der Waals surface area contributed by atoms with Crippen molar-refractivity contribution in [1.29, 1.82) is 0 Å². The maximum Gasteiger partial charge on any atom is 0.217 e. The lowest BCUT2D eigenvalue weighted by atomic mass is 9.39. The maximum atomic E-state index is 11.2. The number of fused-ring (bicyclic) bond motifs is 5. The summed E-state index contributed by atoms with van der Waals surface area (Å²) in [4.78, 5) is 11.2. The summed E-state index contributed by atoms with van der Waals surface area (Å²) in [5.41, 5.74) is 9.00. The van der Waals surface area contributed by atoms with Crippen LogP contribution in [0.4, 0.5) is 0 Å². The Hall–Kier alpha value is -0.790. The third-order valence-corrected chi connectivity index (χ3v) is 10.4. The topological polar surface area (TPSA) is 43.1 Å². The molecular weight excluding hydrogens is 330 g/mol. The quantitative estimate of drug-likeness (QED) is 0.571. The van der Waals surface area contributed by atoms with Crippen LogP contribution in [-0.4, -0.2) is 5.91 Å². The molecule has 3 saturated carbocycles. The minimum Gasteiger partial charge on any atom is -0.370 e. The first-order chi connectivity index (χ1) is 12.7. The first-order valence-corrected chi connectivity index (χ1v) is 11.7. The Bertz CT molecular complexity index is 653. The van der Waals surface area contributed by atoms with Gasteiger partial charge in [-0.15, -0.1) is 0 Å². The van der Waals surface area contributed by atoms with Crippen molar-refractivity contribution in [2.75, 3.05) is 0 Å². The molecule has 0 bridgehead atoms. The fourth-order valence-corrected chi connectivity index (χ4v) is 8.54. The number of nitrogens with two attached hydrogens (primary N) is 1. The monoisotopic (exact) mass is 371 g/mol. The minimum atomic E-state index is -0.135. The van der Waals surface area contributed by atoms with Gasteiger partial charge < -0.3 is 5.73 Å². The number of carbonyl (C=O) groups excluding carboxylic acids is 1. The molecule has 2 N–H and O–H groups in total. The second kappa shape index (κ2) is 6.36. The van der Waals surface area contributed by atoms with Gasteiger partial charge in [-0.1, -0.05) is 52.2 Å². The average molecular weight is 372 g/mol. The van der Waals surface area contributed by atoms with Crippen molar-refractivity contribution >= 4 is 5.91 Å². The van der Waals surface area contributed by atoms with Crippen molar-refractivity contribution in [3.8, 4) is 0 Å². The zero-order valence-electron chi connectivity index (χ0n) is 18.2. The second-order valence-electron chi connectivity index (χ2n) is 11.5. The molecular formula is C25H41NO. The van der Waals surface area contributed by atoms with Gasteiger partial charge in [0, 0.05) is 6.42 Å². The Labute approximate surface area is 166 Å². The fraction of sp³-hybridized carbons (Fsp3) is 0.880. The van der Waals surface area contributed by atoms with Gasteiger partial charge in [-0.05, 0) is 91.3 Å². The van der Waals surface area contributed by atoms with E-state index < -0.39 is 0 Å². The average Bonchev–Trinajstić information content (AvgIpc) is 2.93. The molecule has 0 heterocycles. The molecule has 2 heteroatoms. The molecule has 0 spiro atoms. The van der Waals surface area contributed by atoms with E-state index in [1.54, 1.807) is 0 Å². The summed E-state index contributed by atoms with van der Waals surface area (Å²) in [6, 6.07) is 0. The van der Waals surface area contributed by atoms with E-state index in [0.29, 0.717) is 28.1 Å². The summed E-state index contributed by atoms with van der Waals surface area (Å²) in [5, 5.41) is 0. The van der Waals surface area contributed by atoms with Gasteiger partial charge in [-0.25, -0.2) is 0 Å². The highest BCUT2D eigenvalue weighted by Crippen LogP contribution is 2.73. The van der Waals surface area contributed by atoms with Gasteiger partial charge in [0.05, 0.1) is 0 Å². The molecule has 0 aromatic heterocycles. The van der Waals surface area contributed by atoms with Crippen LogP contribution in [0.15, 0.2) is 11.6 Å². The van der Waals surface area contributed by atoms with Crippen LogP contribution in [-0.2, 0) is 4.79 Å². The molecule has 4 rings (SSSR count). The molecule has 6 atom stereocenters. The van der Waals surface area contributed by atoms with E-state index in [1.807, 2.05) is 5.57 Å². The normalized spacial score (nSPS) is 49.0. The van der Waals surface area contributed by atoms with Crippen molar-refractivity contribution in [3.05, 3.63) is 11.6 Å². The summed E-state index contributed by atoms with van der Waals surface area (Å²) < 4.78 is 0. The number of amides is 1. The highest BCUT2D eigenvalue weighted by molar-refractivity contribution is 5.73. The standard InChI is InChI=1S/C25H41NO/c1-22-13-5-6-14-25(22,4)20-12-15-23(2)18(8-7-9-21(26)27)10-11-19(23)24(20,3)17-16-22/h12,18-19H,5-11,13-17H2,1-4H3,(H2,26,27). The molecule has 0 aliphatic heterocycles. The molecule has 27 heavy (non-hydrogen) atoms. The van der Waals surface area contributed by atoms with Gasteiger partial charge >= 0.3 is 0 Å². The van der Waals surface area contributed by atoms with Gasteiger partial charge in [0.1, 0.15) is 0 Å². The number of primary amides is 1. The second-order valence-corrected chi connectivity index (χ2v) is 11.5. The van der Waals surface area contributed by atoms with Crippen LogP contribution in [0.25, 0.3) is 0 Å².